The first-order chi connectivity index (χ1) is 9.24. The van der Waals surface area contributed by atoms with Crippen LogP contribution in [-0.2, 0) is 6.61 Å². The number of nitriles is 1. The maximum atomic E-state index is 8.98. The van der Waals surface area contributed by atoms with Crippen LogP contribution in [0.3, 0.4) is 0 Å². The Bertz CT molecular complexity index is 606. The molecule has 0 saturated carbocycles. The van der Waals surface area contributed by atoms with Crippen molar-refractivity contribution in [3.05, 3.63) is 52.3 Å². The number of rotatable bonds is 4. The van der Waals surface area contributed by atoms with Crippen LogP contribution in [0.5, 0.6) is 11.5 Å². The van der Waals surface area contributed by atoms with Crippen LogP contribution < -0.4 is 9.47 Å². The van der Waals surface area contributed by atoms with Gasteiger partial charge in [-0.2, -0.15) is 5.26 Å². The smallest absolute Gasteiger partial charge is 0.183 e. The standard InChI is InChI=1S/C14H11BrN2O2/c1-18-11-4-2-10(3-5-11)9-19-14-12(15)6-7-17-13(14)8-16/h2-7H,9H2,1H3. The summed E-state index contributed by atoms with van der Waals surface area (Å²) in [7, 11) is 1.62. The van der Waals surface area contributed by atoms with E-state index in [0.717, 1.165) is 11.3 Å². The number of aromatic nitrogens is 1. The first-order valence-electron chi connectivity index (χ1n) is 5.55. The van der Waals surface area contributed by atoms with Gasteiger partial charge in [0.25, 0.3) is 0 Å². The molecular weight excluding hydrogens is 308 g/mol. The summed E-state index contributed by atoms with van der Waals surface area (Å²) in [6.45, 7) is 0.364. The third-order valence-corrected chi connectivity index (χ3v) is 3.13. The molecule has 0 bridgehead atoms. The molecule has 0 aliphatic rings. The zero-order valence-electron chi connectivity index (χ0n) is 10.3. The summed E-state index contributed by atoms with van der Waals surface area (Å²) in [5.41, 5.74) is 1.25. The van der Waals surface area contributed by atoms with Crippen LogP contribution in [0, 0.1) is 11.3 Å². The molecule has 0 spiro atoms. The number of benzene rings is 1. The SMILES string of the molecule is COc1ccc(COc2c(Br)ccnc2C#N)cc1. The molecular formula is C14H11BrN2O2. The first kappa shape index (κ1) is 13.4. The highest BCUT2D eigenvalue weighted by molar-refractivity contribution is 9.10. The predicted octanol–water partition coefficient (Wildman–Crippen LogP) is 3.30. The molecule has 19 heavy (non-hydrogen) atoms. The largest absolute Gasteiger partial charge is 0.497 e. The highest BCUT2D eigenvalue weighted by atomic mass is 79.9. The van der Waals surface area contributed by atoms with Crippen molar-refractivity contribution in [3.63, 3.8) is 0 Å². The molecule has 0 amide bonds. The minimum atomic E-state index is 0.267. The average molecular weight is 319 g/mol. The Kier molecular flexibility index (Phi) is 4.37. The van der Waals surface area contributed by atoms with E-state index in [0.29, 0.717) is 16.8 Å². The Morgan fingerprint density at radius 1 is 1.26 bits per heavy atom. The Morgan fingerprint density at radius 2 is 2.00 bits per heavy atom. The Hall–Kier alpha value is -2.06. The van der Waals surface area contributed by atoms with E-state index in [1.54, 1.807) is 19.4 Å². The van der Waals surface area contributed by atoms with Gasteiger partial charge in [0.2, 0.25) is 0 Å². The van der Waals surface area contributed by atoms with Gasteiger partial charge in [0.1, 0.15) is 18.4 Å². The third-order valence-electron chi connectivity index (χ3n) is 2.50. The topological polar surface area (TPSA) is 55.1 Å². The summed E-state index contributed by atoms with van der Waals surface area (Å²) in [5.74, 6) is 1.25. The van der Waals surface area contributed by atoms with Crippen molar-refractivity contribution in [1.29, 1.82) is 5.26 Å². The number of nitrogens with zero attached hydrogens (tertiary/aromatic N) is 2. The number of methoxy groups -OCH3 is 1. The van der Waals surface area contributed by atoms with E-state index in [9.17, 15) is 0 Å². The summed E-state index contributed by atoms with van der Waals surface area (Å²) >= 11 is 3.35. The number of hydrogen-bond acceptors (Lipinski definition) is 4. The van der Waals surface area contributed by atoms with Crippen LogP contribution in [0.1, 0.15) is 11.3 Å². The molecule has 2 rings (SSSR count). The summed E-state index contributed by atoms with van der Waals surface area (Å²) in [5, 5.41) is 8.98. The summed E-state index contributed by atoms with van der Waals surface area (Å²) in [6, 6.07) is 11.3. The second-order valence-electron chi connectivity index (χ2n) is 3.72. The number of ether oxygens (including phenoxy) is 2. The molecule has 0 atom stereocenters. The van der Waals surface area contributed by atoms with Crippen molar-refractivity contribution < 1.29 is 9.47 Å². The quantitative estimate of drug-likeness (QED) is 0.867. The van der Waals surface area contributed by atoms with E-state index in [4.69, 9.17) is 14.7 Å². The van der Waals surface area contributed by atoms with Crippen molar-refractivity contribution >= 4 is 15.9 Å². The number of hydrogen-bond donors (Lipinski definition) is 0. The highest BCUT2D eigenvalue weighted by Gasteiger charge is 2.09. The summed E-state index contributed by atoms with van der Waals surface area (Å²) in [4.78, 5) is 3.96. The van der Waals surface area contributed by atoms with Crippen LogP contribution in [0.4, 0.5) is 0 Å². The maximum Gasteiger partial charge on any atom is 0.183 e. The lowest BCUT2D eigenvalue weighted by Crippen LogP contribution is -1.99. The number of halogens is 1. The van der Waals surface area contributed by atoms with Gasteiger partial charge in [-0.25, -0.2) is 4.98 Å². The summed E-state index contributed by atoms with van der Waals surface area (Å²) in [6.07, 6.45) is 1.56. The zero-order valence-corrected chi connectivity index (χ0v) is 11.8. The molecule has 96 valence electrons. The first-order valence-corrected chi connectivity index (χ1v) is 6.34. The van der Waals surface area contributed by atoms with Crippen molar-refractivity contribution in [1.82, 2.24) is 4.98 Å². The molecule has 0 aliphatic carbocycles. The van der Waals surface area contributed by atoms with E-state index in [1.807, 2.05) is 30.3 Å². The van der Waals surface area contributed by atoms with E-state index < -0.39 is 0 Å². The van der Waals surface area contributed by atoms with Gasteiger partial charge in [-0.15, -0.1) is 0 Å². The van der Waals surface area contributed by atoms with E-state index in [-0.39, 0.29) is 5.69 Å². The molecule has 1 aromatic heterocycles. The van der Waals surface area contributed by atoms with Gasteiger partial charge in [-0.05, 0) is 39.7 Å². The fourth-order valence-corrected chi connectivity index (χ4v) is 1.94. The van der Waals surface area contributed by atoms with Gasteiger partial charge < -0.3 is 9.47 Å². The van der Waals surface area contributed by atoms with Gasteiger partial charge in [0.15, 0.2) is 11.4 Å². The second-order valence-corrected chi connectivity index (χ2v) is 4.57. The molecule has 1 aromatic carbocycles. The van der Waals surface area contributed by atoms with Crippen molar-refractivity contribution in [3.8, 4) is 17.6 Å². The third kappa shape index (κ3) is 3.24. The fraction of sp³-hybridized carbons (Fsp3) is 0.143. The van der Waals surface area contributed by atoms with E-state index >= 15 is 0 Å². The van der Waals surface area contributed by atoms with Crippen LogP contribution in [0.15, 0.2) is 41.0 Å². The lowest BCUT2D eigenvalue weighted by molar-refractivity contribution is 0.301. The molecule has 0 radical (unpaired) electrons. The van der Waals surface area contributed by atoms with Crippen LogP contribution in [0.25, 0.3) is 0 Å². The highest BCUT2D eigenvalue weighted by Crippen LogP contribution is 2.27. The molecule has 5 heteroatoms. The molecule has 0 N–H and O–H groups in total. The maximum absolute atomic E-state index is 8.98. The number of pyridine rings is 1. The van der Waals surface area contributed by atoms with E-state index in [1.165, 1.54) is 0 Å². The zero-order chi connectivity index (χ0) is 13.7. The molecule has 0 aliphatic heterocycles. The lowest BCUT2D eigenvalue weighted by Gasteiger charge is -2.09. The molecule has 0 unspecified atom stereocenters. The van der Waals surface area contributed by atoms with Crippen LogP contribution >= 0.6 is 15.9 Å². The molecule has 0 saturated heterocycles. The molecule has 1 heterocycles. The average Bonchev–Trinajstić information content (AvgIpc) is 2.46. The minimum Gasteiger partial charge on any atom is -0.497 e. The van der Waals surface area contributed by atoms with Crippen LogP contribution in [0.2, 0.25) is 0 Å². The van der Waals surface area contributed by atoms with Gasteiger partial charge >= 0.3 is 0 Å². The monoisotopic (exact) mass is 318 g/mol. The van der Waals surface area contributed by atoms with Gasteiger partial charge in [-0.3, -0.25) is 0 Å². The molecule has 2 aromatic rings. The molecule has 4 nitrogen and oxygen atoms in total. The van der Waals surface area contributed by atoms with Gasteiger partial charge in [-0.1, -0.05) is 12.1 Å². The van der Waals surface area contributed by atoms with Gasteiger partial charge in [0.05, 0.1) is 11.6 Å². The second kappa shape index (κ2) is 6.21. The Labute approximate surface area is 119 Å². The minimum absolute atomic E-state index is 0.267. The van der Waals surface area contributed by atoms with Crippen LogP contribution in [-0.4, -0.2) is 12.1 Å². The predicted molar refractivity (Wildman–Crippen MR) is 74.0 cm³/mol. The van der Waals surface area contributed by atoms with Crippen molar-refractivity contribution in [2.45, 2.75) is 6.61 Å². The summed E-state index contributed by atoms with van der Waals surface area (Å²) < 4.78 is 11.4. The van der Waals surface area contributed by atoms with E-state index in [2.05, 4.69) is 20.9 Å². The lowest BCUT2D eigenvalue weighted by atomic mass is 10.2. The van der Waals surface area contributed by atoms with Crippen molar-refractivity contribution in [2.24, 2.45) is 0 Å². The molecule has 0 fully saturated rings. The Balaban J connectivity index is 2.12. The normalized spacial score (nSPS) is 9.74. The Morgan fingerprint density at radius 3 is 2.63 bits per heavy atom. The van der Waals surface area contributed by atoms with Gasteiger partial charge in [0, 0.05) is 6.20 Å². The van der Waals surface area contributed by atoms with Crippen molar-refractivity contribution in [2.75, 3.05) is 7.11 Å². The fourth-order valence-electron chi connectivity index (χ4n) is 1.52.